The summed E-state index contributed by atoms with van der Waals surface area (Å²) >= 11 is 0. The first-order chi connectivity index (χ1) is 7.72. The molecule has 0 aliphatic carbocycles. The van der Waals surface area contributed by atoms with Crippen LogP contribution in [0.15, 0.2) is 12.7 Å². The number of ether oxygens (including phenoxy) is 1. The van der Waals surface area contributed by atoms with Gasteiger partial charge < -0.3 is 4.74 Å². The van der Waals surface area contributed by atoms with Crippen LogP contribution in [0.3, 0.4) is 0 Å². The van der Waals surface area contributed by atoms with Gasteiger partial charge >= 0.3 is 6.09 Å². The summed E-state index contributed by atoms with van der Waals surface area (Å²) in [5.41, 5.74) is -0.804. The summed E-state index contributed by atoms with van der Waals surface area (Å²) < 4.78 is 18.4. The second-order valence-electron chi connectivity index (χ2n) is 5.01. The minimum Gasteiger partial charge on any atom is -0.441 e. The molecule has 4 nitrogen and oxygen atoms in total. The smallest absolute Gasteiger partial charge is 0.417 e. The Morgan fingerprint density at radius 1 is 1.59 bits per heavy atom. The van der Waals surface area contributed by atoms with Crippen molar-refractivity contribution in [1.29, 1.82) is 0 Å². The number of halogens is 1. The van der Waals surface area contributed by atoms with Gasteiger partial charge in [-0.3, -0.25) is 4.79 Å². The van der Waals surface area contributed by atoms with E-state index >= 15 is 0 Å². The van der Waals surface area contributed by atoms with Gasteiger partial charge in [-0.15, -0.1) is 0 Å². The molecule has 5 heteroatoms. The van der Waals surface area contributed by atoms with E-state index in [4.69, 9.17) is 4.74 Å². The van der Waals surface area contributed by atoms with Crippen molar-refractivity contribution in [3.63, 3.8) is 0 Å². The lowest BCUT2D eigenvalue weighted by Gasteiger charge is -2.31. The van der Waals surface area contributed by atoms with Crippen molar-refractivity contribution < 1.29 is 18.7 Å². The van der Waals surface area contributed by atoms with Crippen LogP contribution < -0.4 is 0 Å². The summed E-state index contributed by atoms with van der Waals surface area (Å²) in [6, 6.07) is -0.472. The van der Waals surface area contributed by atoms with Gasteiger partial charge in [-0.1, -0.05) is 20.4 Å². The minimum atomic E-state index is -1.88. The highest BCUT2D eigenvalue weighted by molar-refractivity contribution is 5.97. The Balaban J connectivity index is 3.08. The zero-order valence-corrected chi connectivity index (χ0v) is 10.6. The lowest BCUT2D eigenvalue weighted by Crippen LogP contribution is -2.50. The zero-order valence-electron chi connectivity index (χ0n) is 10.6. The molecule has 2 amide bonds. The molecule has 1 heterocycles. The van der Waals surface area contributed by atoms with Crippen LogP contribution in [-0.2, 0) is 9.53 Å². The molecule has 0 saturated carbocycles. The normalized spacial score (nSPS) is 24.7. The molecule has 1 saturated heterocycles. The molecule has 0 aromatic rings. The Morgan fingerprint density at radius 2 is 2.12 bits per heavy atom. The van der Waals surface area contributed by atoms with Crippen molar-refractivity contribution in [3.8, 4) is 0 Å². The summed E-state index contributed by atoms with van der Waals surface area (Å²) in [5.74, 6) is -0.924. The molecule has 0 aromatic carbocycles. The molecule has 0 radical (unpaired) electrons. The summed E-state index contributed by atoms with van der Waals surface area (Å²) in [4.78, 5) is 24.3. The quantitative estimate of drug-likeness (QED) is 0.714. The molecule has 1 aliphatic rings. The van der Waals surface area contributed by atoms with E-state index in [-0.39, 0.29) is 5.92 Å². The fraction of sp³-hybridized carbons (Fsp3) is 0.667. The van der Waals surface area contributed by atoms with E-state index in [1.807, 2.05) is 13.8 Å². The number of alkyl halides is 1. The predicted octanol–water partition coefficient (Wildman–Crippen LogP) is 2.29. The second-order valence-corrected chi connectivity index (χ2v) is 5.01. The maximum atomic E-state index is 13.3. The van der Waals surface area contributed by atoms with Gasteiger partial charge in [0.2, 0.25) is 0 Å². The van der Waals surface area contributed by atoms with Crippen molar-refractivity contribution in [2.45, 2.75) is 45.5 Å². The number of cyclic esters (lactones) is 1. The average Bonchev–Trinajstić information content (AvgIpc) is 2.45. The van der Waals surface area contributed by atoms with Crippen molar-refractivity contribution in [2.24, 2.45) is 5.92 Å². The molecule has 0 spiro atoms. The van der Waals surface area contributed by atoms with Gasteiger partial charge in [0, 0.05) is 0 Å². The lowest BCUT2D eigenvalue weighted by atomic mass is 9.89. The number of hydrogen-bond donors (Lipinski definition) is 0. The fourth-order valence-corrected chi connectivity index (χ4v) is 2.32. The Morgan fingerprint density at radius 3 is 2.53 bits per heavy atom. The van der Waals surface area contributed by atoms with Gasteiger partial charge in [0.25, 0.3) is 5.91 Å². The van der Waals surface area contributed by atoms with Crippen LogP contribution in [0.5, 0.6) is 0 Å². The van der Waals surface area contributed by atoms with Crippen molar-refractivity contribution >= 4 is 12.0 Å². The van der Waals surface area contributed by atoms with Gasteiger partial charge in [0.1, 0.15) is 5.60 Å². The van der Waals surface area contributed by atoms with Crippen LogP contribution in [0.25, 0.3) is 0 Å². The average molecular weight is 243 g/mol. The van der Waals surface area contributed by atoms with Gasteiger partial charge in [0.15, 0.2) is 6.17 Å². The van der Waals surface area contributed by atoms with Crippen LogP contribution in [0.2, 0.25) is 0 Å². The Hall–Kier alpha value is -1.39. The lowest BCUT2D eigenvalue weighted by molar-refractivity contribution is -0.134. The fourth-order valence-electron chi connectivity index (χ4n) is 2.32. The number of imide groups is 1. The molecule has 0 N–H and O–H groups in total. The van der Waals surface area contributed by atoms with E-state index in [0.717, 1.165) is 11.0 Å². The highest BCUT2D eigenvalue weighted by Gasteiger charge is 2.52. The minimum absolute atomic E-state index is 0.0163. The third kappa shape index (κ3) is 2.33. The van der Waals surface area contributed by atoms with E-state index in [1.54, 1.807) is 13.8 Å². The van der Waals surface area contributed by atoms with E-state index in [9.17, 15) is 14.0 Å². The predicted molar refractivity (Wildman–Crippen MR) is 61.1 cm³/mol. The molecule has 2 atom stereocenters. The number of nitrogens with zero attached hydrogens (tertiary/aromatic N) is 1. The number of carbonyl (C=O) groups is 2. The second kappa shape index (κ2) is 4.47. The van der Waals surface area contributed by atoms with Gasteiger partial charge in [-0.25, -0.2) is 14.1 Å². The summed E-state index contributed by atoms with van der Waals surface area (Å²) in [5, 5.41) is 0. The summed E-state index contributed by atoms with van der Waals surface area (Å²) in [6.07, 6.45) is -1.79. The Bertz CT molecular complexity index is 352. The molecule has 17 heavy (non-hydrogen) atoms. The van der Waals surface area contributed by atoms with Crippen molar-refractivity contribution in [2.75, 3.05) is 0 Å². The highest BCUT2D eigenvalue weighted by Crippen LogP contribution is 2.34. The summed E-state index contributed by atoms with van der Waals surface area (Å²) in [7, 11) is 0. The number of hydrogen-bond acceptors (Lipinski definition) is 3. The standard InChI is InChI=1S/C12H18FNO3/c1-6-8(13)10(15)14-9(7(2)3)12(4,5)17-11(14)16/h6-9H,1H2,2-5H3. The highest BCUT2D eigenvalue weighted by atomic mass is 19.1. The van der Waals surface area contributed by atoms with Gasteiger partial charge in [0.05, 0.1) is 6.04 Å². The van der Waals surface area contributed by atoms with Crippen LogP contribution in [0.4, 0.5) is 9.18 Å². The van der Waals surface area contributed by atoms with Gasteiger partial charge in [-0.2, -0.15) is 0 Å². The number of amides is 2. The molecule has 0 bridgehead atoms. The maximum Gasteiger partial charge on any atom is 0.417 e. The van der Waals surface area contributed by atoms with Crippen LogP contribution in [-0.4, -0.2) is 34.7 Å². The number of rotatable bonds is 3. The molecule has 1 rings (SSSR count). The number of carbonyl (C=O) groups excluding carboxylic acids is 2. The van der Waals surface area contributed by atoms with E-state index in [0.29, 0.717) is 0 Å². The maximum absolute atomic E-state index is 13.3. The molecule has 1 aliphatic heterocycles. The van der Waals surface area contributed by atoms with Crippen LogP contribution in [0.1, 0.15) is 27.7 Å². The first-order valence-electron chi connectivity index (χ1n) is 5.55. The molecule has 2 unspecified atom stereocenters. The monoisotopic (exact) mass is 243 g/mol. The molecule has 0 aromatic heterocycles. The first-order valence-corrected chi connectivity index (χ1v) is 5.55. The summed E-state index contributed by atoms with van der Waals surface area (Å²) in [6.45, 7) is 10.3. The SMILES string of the molecule is C=CC(F)C(=O)N1C(=O)OC(C)(C)C1C(C)C. The van der Waals surface area contributed by atoms with Crippen molar-refractivity contribution in [3.05, 3.63) is 12.7 Å². The Kier molecular flexibility index (Phi) is 3.59. The van der Waals surface area contributed by atoms with E-state index in [2.05, 4.69) is 6.58 Å². The van der Waals surface area contributed by atoms with E-state index in [1.165, 1.54) is 0 Å². The molecule has 96 valence electrons. The molecular weight excluding hydrogens is 225 g/mol. The van der Waals surface area contributed by atoms with E-state index < -0.39 is 29.8 Å². The van der Waals surface area contributed by atoms with Crippen molar-refractivity contribution in [1.82, 2.24) is 4.90 Å². The topological polar surface area (TPSA) is 46.6 Å². The van der Waals surface area contributed by atoms with Crippen LogP contribution in [0, 0.1) is 5.92 Å². The third-order valence-corrected chi connectivity index (χ3v) is 2.85. The van der Waals surface area contributed by atoms with Gasteiger partial charge in [-0.05, 0) is 25.8 Å². The Labute approximate surface area is 100 Å². The third-order valence-electron chi connectivity index (χ3n) is 2.85. The largest absolute Gasteiger partial charge is 0.441 e. The van der Waals surface area contributed by atoms with Crippen LogP contribution >= 0.6 is 0 Å². The molecular formula is C12H18FNO3. The zero-order chi connectivity index (χ0) is 13.4. The first kappa shape index (κ1) is 13.7. The molecule has 1 fully saturated rings.